The van der Waals surface area contributed by atoms with Crippen LogP contribution >= 0.6 is 0 Å². The van der Waals surface area contributed by atoms with Crippen LogP contribution in [0.15, 0.2) is 30.3 Å². The Bertz CT molecular complexity index is 310. The van der Waals surface area contributed by atoms with Gasteiger partial charge < -0.3 is 5.73 Å². The Hall–Kier alpha value is -0.860. The van der Waals surface area contributed by atoms with E-state index in [1.165, 1.54) is 25.1 Å². The first-order valence-electron chi connectivity index (χ1n) is 6.26. The average molecular weight is 218 g/mol. The van der Waals surface area contributed by atoms with Crippen molar-refractivity contribution in [1.82, 2.24) is 4.90 Å². The third-order valence-corrected chi connectivity index (χ3v) is 3.63. The van der Waals surface area contributed by atoms with E-state index in [2.05, 4.69) is 42.2 Å². The molecule has 2 rings (SSSR count). The number of benzene rings is 1. The van der Waals surface area contributed by atoms with Crippen molar-refractivity contribution in [3.05, 3.63) is 35.9 Å². The van der Waals surface area contributed by atoms with E-state index in [-0.39, 0.29) is 0 Å². The molecule has 1 saturated heterocycles. The quantitative estimate of drug-likeness (QED) is 0.838. The summed E-state index contributed by atoms with van der Waals surface area (Å²) in [5.41, 5.74) is 7.07. The summed E-state index contributed by atoms with van der Waals surface area (Å²) in [5, 5.41) is 0. The van der Waals surface area contributed by atoms with E-state index in [0.29, 0.717) is 0 Å². The summed E-state index contributed by atoms with van der Waals surface area (Å²) in [6.45, 7) is 6.71. The minimum Gasteiger partial charge on any atom is -0.330 e. The van der Waals surface area contributed by atoms with Gasteiger partial charge in [0.05, 0.1) is 0 Å². The highest BCUT2D eigenvalue weighted by Gasteiger charge is 2.28. The van der Waals surface area contributed by atoms with E-state index in [0.717, 1.165) is 24.9 Å². The molecule has 1 heterocycles. The first-order valence-corrected chi connectivity index (χ1v) is 6.26. The fourth-order valence-electron chi connectivity index (χ4n) is 2.70. The van der Waals surface area contributed by atoms with Gasteiger partial charge in [-0.1, -0.05) is 37.3 Å². The lowest BCUT2D eigenvalue weighted by Crippen LogP contribution is -2.20. The molecular weight excluding hydrogens is 196 g/mol. The summed E-state index contributed by atoms with van der Waals surface area (Å²) in [4.78, 5) is 2.56. The van der Waals surface area contributed by atoms with Crippen LogP contribution in [0.25, 0.3) is 0 Å². The van der Waals surface area contributed by atoms with Crippen molar-refractivity contribution in [1.29, 1.82) is 0 Å². The maximum Gasteiger partial charge on any atom is 0.0233 e. The predicted molar refractivity (Wildman–Crippen MR) is 68.0 cm³/mol. The van der Waals surface area contributed by atoms with Gasteiger partial charge in [0.15, 0.2) is 0 Å². The van der Waals surface area contributed by atoms with Crippen LogP contribution in [-0.2, 0) is 6.54 Å². The molecule has 88 valence electrons. The minimum absolute atomic E-state index is 0.798. The van der Waals surface area contributed by atoms with E-state index < -0.39 is 0 Å². The Labute approximate surface area is 98.4 Å². The molecule has 2 atom stereocenters. The Balaban J connectivity index is 1.89. The lowest BCUT2D eigenvalue weighted by Gasteiger charge is -2.15. The highest BCUT2D eigenvalue weighted by atomic mass is 15.1. The SMILES string of the molecule is CC1CN(Cc2ccccc2)CC1CCN. The largest absolute Gasteiger partial charge is 0.330 e. The zero-order chi connectivity index (χ0) is 11.4. The summed E-state index contributed by atoms with van der Waals surface area (Å²) >= 11 is 0. The molecular formula is C14H22N2. The normalized spacial score (nSPS) is 26.1. The molecule has 2 unspecified atom stereocenters. The zero-order valence-corrected chi connectivity index (χ0v) is 10.1. The Kier molecular flexibility index (Phi) is 3.97. The van der Waals surface area contributed by atoms with E-state index in [1.54, 1.807) is 0 Å². The molecule has 1 aliphatic heterocycles. The van der Waals surface area contributed by atoms with Gasteiger partial charge in [-0.05, 0) is 30.4 Å². The van der Waals surface area contributed by atoms with Gasteiger partial charge in [0, 0.05) is 19.6 Å². The van der Waals surface area contributed by atoms with E-state index in [1.807, 2.05) is 0 Å². The van der Waals surface area contributed by atoms with Crippen LogP contribution in [0.4, 0.5) is 0 Å². The zero-order valence-electron chi connectivity index (χ0n) is 10.1. The van der Waals surface area contributed by atoms with Crippen molar-refractivity contribution < 1.29 is 0 Å². The highest BCUT2D eigenvalue weighted by molar-refractivity contribution is 5.14. The number of hydrogen-bond donors (Lipinski definition) is 1. The maximum absolute atomic E-state index is 5.65. The van der Waals surface area contributed by atoms with Crippen molar-refractivity contribution in [2.45, 2.75) is 19.9 Å². The summed E-state index contributed by atoms with van der Waals surface area (Å²) in [6, 6.07) is 10.7. The van der Waals surface area contributed by atoms with Gasteiger partial charge in [-0.15, -0.1) is 0 Å². The van der Waals surface area contributed by atoms with Crippen molar-refractivity contribution in [2.24, 2.45) is 17.6 Å². The molecule has 2 N–H and O–H groups in total. The van der Waals surface area contributed by atoms with E-state index in [4.69, 9.17) is 5.73 Å². The monoisotopic (exact) mass is 218 g/mol. The third kappa shape index (κ3) is 2.83. The topological polar surface area (TPSA) is 29.3 Å². The van der Waals surface area contributed by atoms with Crippen molar-refractivity contribution in [2.75, 3.05) is 19.6 Å². The second-order valence-electron chi connectivity index (χ2n) is 4.99. The molecule has 0 bridgehead atoms. The van der Waals surface area contributed by atoms with Crippen LogP contribution in [0.5, 0.6) is 0 Å². The predicted octanol–water partition coefficient (Wildman–Crippen LogP) is 2.10. The van der Waals surface area contributed by atoms with Gasteiger partial charge in [0.25, 0.3) is 0 Å². The average Bonchev–Trinajstić information content (AvgIpc) is 2.61. The van der Waals surface area contributed by atoms with Gasteiger partial charge in [-0.2, -0.15) is 0 Å². The Morgan fingerprint density at radius 1 is 1.25 bits per heavy atom. The van der Waals surface area contributed by atoms with Gasteiger partial charge in [0.2, 0.25) is 0 Å². The van der Waals surface area contributed by atoms with E-state index in [9.17, 15) is 0 Å². The van der Waals surface area contributed by atoms with Crippen LogP contribution in [0.1, 0.15) is 18.9 Å². The fraction of sp³-hybridized carbons (Fsp3) is 0.571. The second-order valence-corrected chi connectivity index (χ2v) is 4.99. The summed E-state index contributed by atoms with van der Waals surface area (Å²) < 4.78 is 0. The molecule has 2 nitrogen and oxygen atoms in total. The standard InChI is InChI=1S/C14H22N2/c1-12-9-16(11-14(12)7-8-15)10-13-5-3-2-4-6-13/h2-6,12,14H,7-11,15H2,1H3. The van der Waals surface area contributed by atoms with Crippen LogP contribution < -0.4 is 5.73 Å². The maximum atomic E-state index is 5.65. The molecule has 16 heavy (non-hydrogen) atoms. The van der Waals surface area contributed by atoms with Gasteiger partial charge >= 0.3 is 0 Å². The first kappa shape index (κ1) is 11.6. The fourth-order valence-corrected chi connectivity index (χ4v) is 2.70. The molecule has 0 amide bonds. The molecule has 0 aromatic heterocycles. The van der Waals surface area contributed by atoms with Gasteiger partial charge in [-0.25, -0.2) is 0 Å². The lowest BCUT2D eigenvalue weighted by atomic mass is 9.95. The Morgan fingerprint density at radius 2 is 2.00 bits per heavy atom. The molecule has 1 aromatic carbocycles. The molecule has 0 aliphatic carbocycles. The minimum atomic E-state index is 0.798. The molecule has 2 heteroatoms. The number of nitrogens with two attached hydrogens (primary N) is 1. The van der Waals surface area contributed by atoms with Gasteiger partial charge in [0.1, 0.15) is 0 Å². The number of rotatable bonds is 4. The molecule has 0 radical (unpaired) electrons. The van der Waals surface area contributed by atoms with E-state index >= 15 is 0 Å². The number of likely N-dealkylation sites (tertiary alicyclic amines) is 1. The van der Waals surface area contributed by atoms with Crippen LogP contribution in [0, 0.1) is 11.8 Å². The molecule has 1 aliphatic rings. The highest BCUT2D eigenvalue weighted by Crippen LogP contribution is 2.26. The van der Waals surface area contributed by atoms with Gasteiger partial charge in [-0.3, -0.25) is 4.90 Å². The van der Waals surface area contributed by atoms with Crippen LogP contribution in [0.3, 0.4) is 0 Å². The molecule has 0 spiro atoms. The Morgan fingerprint density at radius 3 is 2.69 bits per heavy atom. The molecule has 1 aromatic rings. The lowest BCUT2D eigenvalue weighted by molar-refractivity contribution is 0.312. The number of nitrogens with zero attached hydrogens (tertiary/aromatic N) is 1. The van der Waals surface area contributed by atoms with Crippen molar-refractivity contribution in [3.8, 4) is 0 Å². The smallest absolute Gasteiger partial charge is 0.0233 e. The van der Waals surface area contributed by atoms with Crippen molar-refractivity contribution in [3.63, 3.8) is 0 Å². The third-order valence-electron chi connectivity index (χ3n) is 3.63. The molecule has 0 saturated carbocycles. The van der Waals surface area contributed by atoms with Crippen molar-refractivity contribution >= 4 is 0 Å². The summed E-state index contributed by atoms with van der Waals surface area (Å²) in [7, 11) is 0. The second kappa shape index (κ2) is 5.46. The summed E-state index contributed by atoms with van der Waals surface area (Å²) in [6.07, 6.45) is 1.17. The molecule has 1 fully saturated rings. The summed E-state index contributed by atoms with van der Waals surface area (Å²) in [5.74, 6) is 1.60. The first-order chi connectivity index (χ1) is 7.79. The van der Waals surface area contributed by atoms with Crippen LogP contribution in [0.2, 0.25) is 0 Å². The number of hydrogen-bond acceptors (Lipinski definition) is 2. The van der Waals surface area contributed by atoms with Crippen LogP contribution in [-0.4, -0.2) is 24.5 Å².